The van der Waals surface area contributed by atoms with Gasteiger partial charge in [0.05, 0.1) is 17.4 Å². The fourth-order valence-corrected chi connectivity index (χ4v) is 4.28. The van der Waals surface area contributed by atoms with Crippen molar-refractivity contribution in [3.63, 3.8) is 0 Å². The highest BCUT2D eigenvalue weighted by atomic mass is 16.5. The number of ether oxygens (including phenoxy) is 1. The van der Waals surface area contributed by atoms with Gasteiger partial charge in [0.25, 0.3) is 5.56 Å². The molecule has 0 fully saturated rings. The summed E-state index contributed by atoms with van der Waals surface area (Å²) in [5, 5.41) is 5.64. The zero-order chi connectivity index (χ0) is 19.8. The van der Waals surface area contributed by atoms with Crippen molar-refractivity contribution in [2.75, 3.05) is 0 Å². The molecule has 0 aliphatic heterocycles. The van der Waals surface area contributed by atoms with Crippen molar-refractivity contribution in [1.29, 1.82) is 0 Å². The van der Waals surface area contributed by atoms with Crippen molar-refractivity contribution in [2.24, 2.45) is 7.05 Å². The van der Waals surface area contributed by atoms with E-state index in [0.29, 0.717) is 12.4 Å². The third-order valence-corrected chi connectivity index (χ3v) is 5.78. The number of aryl methyl sites for hydroxylation is 2. The van der Waals surface area contributed by atoms with Crippen LogP contribution in [0, 0.1) is 0 Å². The number of fused-ring (bicyclic) bond motifs is 3. The number of nitrogens with zero attached hydrogens (tertiary/aromatic N) is 3. The predicted octanol–water partition coefficient (Wildman–Crippen LogP) is 4.18. The highest BCUT2D eigenvalue weighted by Crippen LogP contribution is 2.32. The van der Waals surface area contributed by atoms with Crippen molar-refractivity contribution < 1.29 is 4.74 Å². The molecule has 0 spiro atoms. The summed E-state index contributed by atoms with van der Waals surface area (Å²) >= 11 is 0. The van der Waals surface area contributed by atoms with Crippen molar-refractivity contribution >= 4 is 10.9 Å². The summed E-state index contributed by atoms with van der Waals surface area (Å²) in [6.45, 7) is 0.410. The van der Waals surface area contributed by atoms with Gasteiger partial charge in [0, 0.05) is 24.2 Å². The molecule has 5 heteroatoms. The molecule has 0 saturated carbocycles. The van der Waals surface area contributed by atoms with E-state index in [9.17, 15) is 4.79 Å². The molecule has 5 rings (SSSR count). The normalized spacial score (nSPS) is 13.4. The Morgan fingerprint density at radius 2 is 1.86 bits per heavy atom. The predicted molar refractivity (Wildman–Crippen MR) is 114 cm³/mol. The minimum Gasteiger partial charge on any atom is -0.487 e. The number of benzene rings is 2. The third kappa shape index (κ3) is 3.23. The molecular weight excluding hydrogens is 362 g/mol. The first-order valence-electron chi connectivity index (χ1n) is 10.1. The van der Waals surface area contributed by atoms with E-state index in [1.807, 2.05) is 36.4 Å². The summed E-state index contributed by atoms with van der Waals surface area (Å²) in [5.74, 6) is 0.477. The van der Waals surface area contributed by atoms with E-state index in [0.717, 1.165) is 29.6 Å². The maximum Gasteiger partial charge on any atom is 0.275 e. The monoisotopic (exact) mass is 385 g/mol. The Morgan fingerprint density at radius 3 is 2.69 bits per heavy atom. The van der Waals surface area contributed by atoms with Crippen LogP contribution in [-0.4, -0.2) is 14.3 Å². The molecule has 1 aliphatic carbocycles. The summed E-state index contributed by atoms with van der Waals surface area (Å²) < 4.78 is 9.43. The van der Waals surface area contributed by atoms with Crippen LogP contribution in [0.15, 0.2) is 65.6 Å². The molecule has 0 radical (unpaired) electrons. The molecule has 0 N–H and O–H groups in total. The van der Waals surface area contributed by atoms with Crippen molar-refractivity contribution in [2.45, 2.75) is 32.3 Å². The lowest BCUT2D eigenvalue weighted by atomic mass is 9.95. The lowest BCUT2D eigenvalue weighted by molar-refractivity contribution is 0.303. The number of aromatic nitrogens is 3. The first kappa shape index (κ1) is 17.7. The SMILES string of the molecule is Cn1c2c(c3ccc(-n4ncc(OCc5ccccc5)cc4=O)cc31)CCCC2. The molecule has 0 unspecified atom stereocenters. The Labute approximate surface area is 169 Å². The van der Waals surface area contributed by atoms with Gasteiger partial charge in [-0.15, -0.1) is 0 Å². The van der Waals surface area contributed by atoms with E-state index in [4.69, 9.17) is 4.74 Å². The molecule has 2 aromatic heterocycles. The topological polar surface area (TPSA) is 49.0 Å². The molecule has 29 heavy (non-hydrogen) atoms. The molecule has 0 bridgehead atoms. The van der Waals surface area contributed by atoms with E-state index in [1.165, 1.54) is 40.2 Å². The van der Waals surface area contributed by atoms with Crippen LogP contribution in [0.1, 0.15) is 29.7 Å². The van der Waals surface area contributed by atoms with Crippen molar-refractivity contribution in [3.8, 4) is 11.4 Å². The van der Waals surface area contributed by atoms with Crippen LogP contribution >= 0.6 is 0 Å². The Balaban J connectivity index is 1.45. The van der Waals surface area contributed by atoms with Crippen LogP contribution < -0.4 is 10.3 Å². The zero-order valence-electron chi connectivity index (χ0n) is 16.5. The molecule has 0 saturated heterocycles. The average molecular weight is 385 g/mol. The Kier molecular flexibility index (Phi) is 4.43. The van der Waals surface area contributed by atoms with Gasteiger partial charge >= 0.3 is 0 Å². The fourth-order valence-electron chi connectivity index (χ4n) is 4.28. The Morgan fingerprint density at radius 1 is 1.03 bits per heavy atom. The quantitative estimate of drug-likeness (QED) is 0.529. The highest BCUT2D eigenvalue weighted by molar-refractivity contribution is 5.87. The largest absolute Gasteiger partial charge is 0.487 e. The van der Waals surface area contributed by atoms with E-state index in [1.54, 1.807) is 6.20 Å². The van der Waals surface area contributed by atoms with Crippen LogP contribution in [0.3, 0.4) is 0 Å². The summed E-state index contributed by atoms with van der Waals surface area (Å²) in [7, 11) is 2.12. The minimum atomic E-state index is -0.200. The standard InChI is InChI=1S/C24H23N3O2/c1-26-22-10-6-5-9-20(22)21-12-11-18(13-23(21)26)27-24(28)14-19(15-25-27)29-16-17-7-3-2-4-8-17/h2-4,7-8,11-15H,5-6,9-10,16H2,1H3. The molecule has 5 nitrogen and oxygen atoms in total. The molecule has 0 amide bonds. The lowest BCUT2D eigenvalue weighted by Gasteiger charge is -2.12. The van der Waals surface area contributed by atoms with Crippen LogP contribution in [0.2, 0.25) is 0 Å². The van der Waals surface area contributed by atoms with Gasteiger partial charge in [-0.25, -0.2) is 0 Å². The zero-order valence-corrected chi connectivity index (χ0v) is 16.5. The fraction of sp³-hybridized carbons (Fsp3) is 0.250. The number of hydrogen-bond donors (Lipinski definition) is 0. The second-order valence-electron chi connectivity index (χ2n) is 7.61. The molecule has 2 aromatic carbocycles. The van der Waals surface area contributed by atoms with Crippen LogP contribution in [0.4, 0.5) is 0 Å². The van der Waals surface area contributed by atoms with E-state index >= 15 is 0 Å². The molecule has 146 valence electrons. The molecule has 0 atom stereocenters. The van der Waals surface area contributed by atoms with Gasteiger partial charge in [0.2, 0.25) is 0 Å². The Bertz CT molecular complexity index is 1240. The first-order valence-corrected chi connectivity index (χ1v) is 10.1. The highest BCUT2D eigenvalue weighted by Gasteiger charge is 2.18. The summed E-state index contributed by atoms with van der Waals surface area (Å²) in [6.07, 6.45) is 6.36. The lowest BCUT2D eigenvalue weighted by Crippen LogP contribution is -2.20. The van der Waals surface area contributed by atoms with Gasteiger partial charge in [-0.05, 0) is 48.9 Å². The van der Waals surface area contributed by atoms with Gasteiger partial charge in [-0.3, -0.25) is 4.79 Å². The van der Waals surface area contributed by atoms with Crippen LogP contribution in [0.5, 0.6) is 5.75 Å². The van der Waals surface area contributed by atoms with Crippen LogP contribution in [0.25, 0.3) is 16.6 Å². The molecule has 2 heterocycles. The van der Waals surface area contributed by atoms with Crippen molar-refractivity contribution in [3.05, 3.63) is 88.0 Å². The van der Waals surface area contributed by atoms with Gasteiger partial charge in [0.1, 0.15) is 12.4 Å². The summed E-state index contributed by atoms with van der Waals surface area (Å²) in [4.78, 5) is 12.7. The van der Waals surface area contributed by atoms with Gasteiger partial charge < -0.3 is 9.30 Å². The first-order chi connectivity index (χ1) is 14.2. The minimum absolute atomic E-state index is 0.200. The molecular formula is C24H23N3O2. The summed E-state index contributed by atoms with van der Waals surface area (Å²) in [5.41, 5.74) is 5.67. The van der Waals surface area contributed by atoms with Crippen molar-refractivity contribution in [1.82, 2.24) is 14.3 Å². The Hall–Kier alpha value is -3.34. The smallest absolute Gasteiger partial charge is 0.275 e. The molecule has 1 aliphatic rings. The second kappa shape index (κ2) is 7.24. The molecule has 4 aromatic rings. The van der Waals surface area contributed by atoms with Gasteiger partial charge in [-0.1, -0.05) is 36.4 Å². The maximum absolute atomic E-state index is 12.7. The summed E-state index contributed by atoms with van der Waals surface area (Å²) in [6, 6.07) is 17.5. The number of rotatable bonds is 4. The van der Waals surface area contributed by atoms with Gasteiger partial charge in [-0.2, -0.15) is 9.78 Å². The maximum atomic E-state index is 12.7. The van der Waals surface area contributed by atoms with E-state index < -0.39 is 0 Å². The van der Waals surface area contributed by atoms with E-state index in [-0.39, 0.29) is 5.56 Å². The number of hydrogen-bond acceptors (Lipinski definition) is 3. The average Bonchev–Trinajstić information content (AvgIpc) is 3.05. The third-order valence-electron chi connectivity index (χ3n) is 5.78. The second-order valence-corrected chi connectivity index (χ2v) is 7.61. The van der Waals surface area contributed by atoms with E-state index in [2.05, 4.69) is 28.8 Å². The van der Waals surface area contributed by atoms with Gasteiger partial charge in [0.15, 0.2) is 0 Å². The van der Waals surface area contributed by atoms with Crippen LogP contribution in [-0.2, 0) is 26.5 Å².